The minimum absolute atomic E-state index is 0.0129. The number of aromatic nitrogens is 1. The highest BCUT2D eigenvalue weighted by Gasteiger charge is 2.26. The summed E-state index contributed by atoms with van der Waals surface area (Å²) in [6.45, 7) is 2.56. The molecule has 0 unspecified atom stereocenters. The summed E-state index contributed by atoms with van der Waals surface area (Å²) in [5.41, 5.74) is 0.673. The molecular weight excluding hydrogens is 256 g/mol. The molecule has 5 heteroatoms. The summed E-state index contributed by atoms with van der Waals surface area (Å²) in [6, 6.07) is 4.17. The number of carbonyl (C=O) groups is 2. The number of ether oxygens (including phenoxy) is 1. The maximum atomic E-state index is 12.6. The molecule has 5 nitrogen and oxygen atoms in total. The van der Waals surface area contributed by atoms with Gasteiger partial charge in [0.25, 0.3) is 5.91 Å². The molecule has 0 N–H and O–H groups in total. The molecule has 20 heavy (non-hydrogen) atoms. The second-order valence-corrected chi connectivity index (χ2v) is 5.19. The van der Waals surface area contributed by atoms with E-state index < -0.39 is 0 Å². The first-order chi connectivity index (χ1) is 9.67. The van der Waals surface area contributed by atoms with Crippen molar-refractivity contribution in [2.45, 2.75) is 38.6 Å². The first-order valence-corrected chi connectivity index (χ1v) is 7.20. The standard InChI is InChI=1S/C15H22N2O3/c1-3-9-16(11-14(18)20-2)15(19)13-8-5-10-17(13)12-6-4-7-12/h5,8,10,12H,3-4,6-7,9,11H2,1-2H3. The van der Waals surface area contributed by atoms with Crippen LogP contribution in [0.25, 0.3) is 0 Å². The third-order valence-electron chi connectivity index (χ3n) is 3.79. The smallest absolute Gasteiger partial charge is 0.325 e. The van der Waals surface area contributed by atoms with Crippen LogP contribution in [0.5, 0.6) is 0 Å². The van der Waals surface area contributed by atoms with Gasteiger partial charge < -0.3 is 14.2 Å². The molecule has 0 saturated heterocycles. The monoisotopic (exact) mass is 278 g/mol. The van der Waals surface area contributed by atoms with Crippen LogP contribution in [0.3, 0.4) is 0 Å². The highest BCUT2D eigenvalue weighted by molar-refractivity contribution is 5.94. The number of hydrogen-bond donors (Lipinski definition) is 0. The molecule has 0 radical (unpaired) electrons. The predicted molar refractivity (Wildman–Crippen MR) is 75.5 cm³/mol. The van der Waals surface area contributed by atoms with Gasteiger partial charge in [-0.05, 0) is 37.8 Å². The van der Waals surface area contributed by atoms with Gasteiger partial charge in [0.1, 0.15) is 12.2 Å². The molecule has 110 valence electrons. The van der Waals surface area contributed by atoms with E-state index in [-0.39, 0.29) is 18.4 Å². The summed E-state index contributed by atoms with van der Waals surface area (Å²) in [7, 11) is 1.34. The molecule has 1 aliphatic rings. The zero-order valence-electron chi connectivity index (χ0n) is 12.2. The molecule has 1 aromatic rings. The van der Waals surface area contributed by atoms with Gasteiger partial charge >= 0.3 is 5.97 Å². The number of nitrogens with zero attached hydrogens (tertiary/aromatic N) is 2. The minimum Gasteiger partial charge on any atom is -0.468 e. The van der Waals surface area contributed by atoms with Gasteiger partial charge in [-0.1, -0.05) is 6.92 Å². The quantitative estimate of drug-likeness (QED) is 0.750. The van der Waals surface area contributed by atoms with Gasteiger partial charge in [-0.2, -0.15) is 0 Å². The van der Waals surface area contributed by atoms with E-state index in [0.29, 0.717) is 18.3 Å². The van der Waals surface area contributed by atoms with Crippen molar-refractivity contribution in [3.8, 4) is 0 Å². The van der Waals surface area contributed by atoms with Crippen molar-refractivity contribution in [2.75, 3.05) is 20.2 Å². The molecule has 0 atom stereocenters. The largest absolute Gasteiger partial charge is 0.468 e. The van der Waals surface area contributed by atoms with Crippen LogP contribution in [-0.2, 0) is 9.53 Å². The van der Waals surface area contributed by atoms with Crippen molar-refractivity contribution >= 4 is 11.9 Å². The molecular formula is C15H22N2O3. The number of methoxy groups -OCH3 is 1. The molecule has 1 saturated carbocycles. The SMILES string of the molecule is CCCN(CC(=O)OC)C(=O)c1cccn1C1CCC1. The number of carbonyl (C=O) groups excluding carboxylic acids is 2. The molecule has 0 spiro atoms. The summed E-state index contributed by atoms with van der Waals surface area (Å²) < 4.78 is 6.71. The Kier molecular flexibility index (Phi) is 4.82. The highest BCUT2D eigenvalue weighted by atomic mass is 16.5. The second-order valence-electron chi connectivity index (χ2n) is 5.19. The van der Waals surface area contributed by atoms with Gasteiger partial charge in [-0.25, -0.2) is 0 Å². The van der Waals surface area contributed by atoms with Crippen LogP contribution in [0.1, 0.15) is 49.1 Å². The summed E-state index contributed by atoms with van der Waals surface area (Å²) in [6.07, 6.45) is 6.24. The van der Waals surface area contributed by atoms with Gasteiger partial charge in [0, 0.05) is 18.8 Å². The van der Waals surface area contributed by atoms with Crippen molar-refractivity contribution in [1.29, 1.82) is 0 Å². The number of rotatable bonds is 6. The summed E-state index contributed by atoms with van der Waals surface area (Å²) in [5.74, 6) is -0.470. The Morgan fingerprint density at radius 3 is 2.75 bits per heavy atom. The van der Waals surface area contributed by atoms with E-state index in [4.69, 9.17) is 0 Å². The van der Waals surface area contributed by atoms with Crippen molar-refractivity contribution in [3.63, 3.8) is 0 Å². The van der Waals surface area contributed by atoms with Gasteiger partial charge in [0.15, 0.2) is 0 Å². The van der Waals surface area contributed by atoms with Crippen molar-refractivity contribution in [3.05, 3.63) is 24.0 Å². The van der Waals surface area contributed by atoms with Crippen LogP contribution in [0.15, 0.2) is 18.3 Å². The fraction of sp³-hybridized carbons (Fsp3) is 0.600. The van der Waals surface area contributed by atoms with E-state index in [2.05, 4.69) is 4.74 Å². The van der Waals surface area contributed by atoms with Crippen LogP contribution >= 0.6 is 0 Å². The van der Waals surface area contributed by atoms with E-state index in [1.165, 1.54) is 13.5 Å². The van der Waals surface area contributed by atoms with Crippen LogP contribution < -0.4 is 0 Å². The molecule has 1 fully saturated rings. The van der Waals surface area contributed by atoms with Crippen LogP contribution in [0, 0.1) is 0 Å². The number of amides is 1. The third kappa shape index (κ3) is 3.03. The molecule has 2 rings (SSSR count). The fourth-order valence-corrected chi connectivity index (χ4v) is 2.46. The average Bonchev–Trinajstić information content (AvgIpc) is 2.84. The van der Waals surface area contributed by atoms with Crippen LogP contribution in [0.4, 0.5) is 0 Å². The second kappa shape index (κ2) is 6.59. The molecule has 1 amide bonds. The minimum atomic E-state index is -0.381. The molecule has 0 aliphatic heterocycles. The van der Waals surface area contributed by atoms with E-state index in [0.717, 1.165) is 19.3 Å². The third-order valence-corrected chi connectivity index (χ3v) is 3.79. The lowest BCUT2D eigenvalue weighted by Gasteiger charge is -2.30. The Labute approximate surface area is 119 Å². The Hall–Kier alpha value is -1.78. The van der Waals surface area contributed by atoms with Gasteiger partial charge in [-0.15, -0.1) is 0 Å². The molecule has 1 aromatic heterocycles. The van der Waals surface area contributed by atoms with Crippen molar-refractivity contribution in [2.24, 2.45) is 0 Å². The van der Waals surface area contributed by atoms with E-state index in [1.54, 1.807) is 4.90 Å². The van der Waals surface area contributed by atoms with Crippen molar-refractivity contribution in [1.82, 2.24) is 9.47 Å². The van der Waals surface area contributed by atoms with E-state index in [1.807, 2.05) is 29.8 Å². The number of esters is 1. The Bertz CT molecular complexity index is 477. The molecule has 1 aliphatic carbocycles. The first kappa shape index (κ1) is 14.6. The molecule has 0 aromatic carbocycles. The Morgan fingerprint density at radius 2 is 2.20 bits per heavy atom. The number of hydrogen-bond acceptors (Lipinski definition) is 3. The topological polar surface area (TPSA) is 51.5 Å². The highest BCUT2D eigenvalue weighted by Crippen LogP contribution is 2.33. The lowest BCUT2D eigenvalue weighted by molar-refractivity contribution is -0.141. The first-order valence-electron chi connectivity index (χ1n) is 7.20. The Morgan fingerprint density at radius 1 is 1.45 bits per heavy atom. The van der Waals surface area contributed by atoms with Gasteiger partial charge in [0.2, 0.25) is 0 Å². The van der Waals surface area contributed by atoms with Crippen LogP contribution in [-0.4, -0.2) is 41.5 Å². The summed E-state index contributed by atoms with van der Waals surface area (Å²) in [4.78, 5) is 25.6. The van der Waals surface area contributed by atoms with Gasteiger partial charge in [0.05, 0.1) is 7.11 Å². The summed E-state index contributed by atoms with van der Waals surface area (Å²) >= 11 is 0. The fourth-order valence-electron chi connectivity index (χ4n) is 2.46. The van der Waals surface area contributed by atoms with E-state index in [9.17, 15) is 9.59 Å². The maximum Gasteiger partial charge on any atom is 0.325 e. The Balaban J connectivity index is 2.14. The van der Waals surface area contributed by atoms with Gasteiger partial charge in [-0.3, -0.25) is 9.59 Å². The zero-order chi connectivity index (χ0) is 14.5. The zero-order valence-corrected chi connectivity index (χ0v) is 12.2. The maximum absolute atomic E-state index is 12.6. The van der Waals surface area contributed by atoms with E-state index >= 15 is 0 Å². The lowest BCUT2D eigenvalue weighted by atomic mass is 9.93. The lowest BCUT2D eigenvalue weighted by Crippen LogP contribution is -2.38. The average molecular weight is 278 g/mol. The molecule has 1 heterocycles. The van der Waals surface area contributed by atoms with Crippen molar-refractivity contribution < 1.29 is 14.3 Å². The normalized spacial score (nSPS) is 14.7. The van der Waals surface area contributed by atoms with Crippen LogP contribution in [0.2, 0.25) is 0 Å². The summed E-state index contributed by atoms with van der Waals surface area (Å²) in [5, 5.41) is 0. The molecule has 0 bridgehead atoms. The predicted octanol–water partition coefficient (Wildman–Crippen LogP) is 2.24.